The summed E-state index contributed by atoms with van der Waals surface area (Å²) in [4.78, 5) is 23.1. The van der Waals surface area contributed by atoms with Crippen LogP contribution in [-0.2, 0) is 10.0 Å². The standard InChI is InChI=1S/C17H19N3O6S/c1-11-13(6-5-7-15(11)19(2)27(4,24)25)17(21)18-14-10-12(20(22)23)8-9-16(14)26-3/h5-10H,1-4H3,(H,18,21). The zero-order chi connectivity index (χ0) is 20.4. The number of nitro benzene ring substituents is 1. The Morgan fingerprint density at radius 3 is 2.48 bits per heavy atom. The van der Waals surface area contributed by atoms with Gasteiger partial charge in [0, 0.05) is 24.7 Å². The van der Waals surface area contributed by atoms with Gasteiger partial charge in [-0.1, -0.05) is 6.07 Å². The van der Waals surface area contributed by atoms with Crippen molar-refractivity contribution in [3.05, 3.63) is 57.6 Å². The number of carbonyl (C=O) groups excluding carboxylic acids is 1. The van der Waals surface area contributed by atoms with Crippen molar-refractivity contribution in [2.45, 2.75) is 6.92 Å². The number of nitro groups is 1. The van der Waals surface area contributed by atoms with E-state index >= 15 is 0 Å². The Labute approximate surface area is 156 Å². The molecule has 0 heterocycles. The Bertz CT molecular complexity index is 1000. The molecule has 27 heavy (non-hydrogen) atoms. The second-order valence-electron chi connectivity index (χ2n) is 5.78. The van der Waals surface area contributed by atoms with Crippen molar-refractivity contribution in [2.24, 2.45) is 0 Å². The molecule has 0 fully saturated rings. The number of hydrogen-bond acceptors (Lipinski definition) is 6. The number of sulfonamides is 1. The molecule has 0 radical (unpaired) electrons. The normalized spacial score (nSPS) is 11.0. The fourth-order valence-corrected chi connectivity index (χ4v) is 3.04. The van der Waals surface area contributed by atoms with Gasteiger partial charge < -0.3 is 10.1 Å². The van der Waals surface area contributed by atoms with Gasteiger partial charge in [0.1, 0.15) is 5.75 Å². The average Bonchev–Trinajstić information content (AvgIpc) is 2.60. The Balaban J connectivity index is 2.43. The van der Waals surface area contributed by atoms with Crippen LogP contribution in [0.15, 0.2) is 36.4 Å². The molecule has 0 unspecified atom stereocenters. The second kappa shape index (κ2) is 7.62. The Morgan fingerprint density at radius 2 is 1.93 bits per heavy atom. The van der Waals surface area contributed by atoms with Gasteiger partial charge in [0.05, 0.1) is 29.7 Å². The zero-order valence-corrected chi connectivity index (χ0v) is 16.0. The number of hydrogen-bond donors (Lipinski definition) is 1. The maximum Gasteiger partial charge on any atom is 0.271 e. The van der Waals surface area contributed by atoms with E-state index in [0.29, 0.717) is 11.3 Å². The van der Waals surface area contributed by atoms with Crippen molar-refractivity contribution in [1.82, 2.24) is 0 Å². The number of nitrogens with zero attached hydrogens (tertiary/aromatic N) is 2. The van der Waals surface area contributed by atoms with Crippen molar-refractivity contribution in [2.75, 3.05) is 30.0 Å². The molecule has 9 nitrogen and oxygen atoms in total. The molecule has 0 saturated carbocycles. The third-order valence-electron chi connectivity index (χ3n) is 4.03. The minimum atomic E-state index is -3.50. The lowest BCUT2D eigenvalue weighted by atomic mass is 10.1. The summed E-state index contributed by atoms with van der Waals surface area (Å²) in [7, 11) is -0.728. The summed E-state index contributed by atoms with van der Waals surface area (Å²) in [5, 5.41) is 13.5. The van der Waals surface area contributed by atoms with Crippen LogP contribution in [0.3, 0.4) is 0 Å². The van der Waals surface area contributed by atoms with Crippen LogP contribution in [0, 0.1) is 17.0 Å². The van der Waals surface area contributed by atoms with Gasteiger partial charge in [-0.25, -0.2) is 8.42 Å². The number of nitrogens with one attached hydrogen (secondary N) is 1. The van der Waals surface area contributed by atoms with Gasteiger partial charge in [-0.2, -0.15) is 0 Å². The van der Waals surface area contributed by atoms with Crippen molar-refractivity contribution in [1.29, 1.82) is 0 Å². The Kier molecular flexibility index (Phi) is 5.69. The molecule has 144 valence electrons. The first-order chi connectivity index (χ1) is 12.6. The van der Waals surface area contributed by atoms with Gasteiger partial charge in [-0.15, -0.1) is 0 Å². The molecule has 0 bridgehead atoms. The molecule has 0 aliphatic heterocycles. The van der Waals surface area contributed by atoms with Gasteiger partial charge >= 0.3 is 0 Å². The van der Waals surface area contributed by atoms with E-state index in [1.54, 1.807) is 19.1 Å². The van der Waals surface area contributed by atoms with Gasteiger partial charge in [-0.05, 0) is 30.7 Å². The van der Waals surface area contributed by atoms with Crippen LogP contribution in [0.2, 0.25) is 0 Å². The maximum absolute atomic E-state index is 12.7. The summed E-state index contributed by atoms with van der Waals surface area (Å²) in [6.45, 7) is 1.62. The molecule has 2 aromatic rings. The molecule has 0 aliphatic carbocycles. The number of rotatable bonds is 6. The van der Waals surface area contributed by atoms with Gasteiger partial charge in [0.2, 0.25) is 10.0 Å². The van der Waals surface area contributed by atoms with E-state index in [1.165, 1.54) is 38.4 Å². The number of methoxy groups -OCH3 is 1. The lowest BCUT2D eigenvalue weighted by Crippen LogP contribution is -2.26. The SMILES string of the molecule is COc1ccc([N+](=O)[O-])cc1NC(=O)c1cccc(N(C)S(C)(=O)=O)c1C. The Hall–Kier alpha value is -3.14. The monoisotopic (exact) mass is 393 g/mol. The number of non-ortho nitro benzene ring substituents is 1. The molecular formula is C17H19N3O6S. The van der Waals surface area contributed by atoms with Crippen LogP contribution in [0.1, 0.15) is 15.9 Å². The van der Waals surface area contributed by atoms with E-state index < -0.39 is 20.9 Å². The number of benzene rings is 2. The van der Waals surface area contributed by atoms with E-state index in [2.05, 4.69) is 5.32 Å². The van der Waals surface area contributed by atoms with E-state index in [9.17, 15) is 23.3 Å². The third-order valence-corrected chi connectivity index (χ3v) is 5.22. The number of amides is 1. The highest BCUT2D eigenvalue weighted by Gasteiger charge is 2.20. The number of carbonyl (C=O) groups is 1. The predicted molar refractivity (Wildman–Crippen MR) is 102 cm³/mol. The Morgan fingerprint density at radius 1 is 1.26 bits per heavy atom. The summed E-state index contributed by atoms with van der Waals surface area (Å²) in [5.41, 5.74) is 0.978. The minimum Gasteiger partial charge on any atom is -0.495 e. The van der Waals surface area contributed by atoms with E-state index in [0.717, 1.165) is 10.6 Å². The molecule has 0 atom stereocenters. The van der Waals surface area contributed by atoms with Crippen LogP contribution in [0.4, 0.5) is 17.1 Å². The predicted octanol–water partition coefficient (Wildman–Crippen LogP) is 2.56. The summed E-state index contributed by atoms with van der Waals surface area (Å²) in [6.07, 6.45) is 1.06. The van der Waals surface area contributed by atoms with Crippen LogP contribution in [0.25, 0.3) is 0 Å². The van der Waals surface area contributed by atoms with Gasteiger partial charge in [0.25, 0.3) is 11.6 Å². The lowest BCUT2D eigenvalue weighted by molar-refractivity contribution is -0.384. The highest BCUT2D eigenvalue weighted by atomic mass is 32.2. The molecule has 10 heteroatoms. The van der Waals surface area contributed by atoms with E-state index in [1.807, 2.05) is 0 Å². The lowest BCUT2D eigenvalue weighted by Gasteiger charge is -2.20. The molecule has 0 aliphatic rings. The summed E-state index contributed by atoms with van der Waals surface area (Å²) in [6, 6.07) is 8.52. The molecule has 2 rings (SSSR count). The number of ether oxygens (including phenoxy) is 1. The van der Waals surface area contributed by atoms with Crippen LogP contribution < -0.4 is 14.4 Å². The maximum atomic E-state index is 12.7. The smallest absolute Gasteiger partial charge is 0.271 e. The van der Waals surface area contributed by atoms with Crippen LogP contribution >= 0.6 is 0 Å². The highest BCUT2D eigenvalue weighted by molar-refractivity contribution is 7.92. The first-order valence-electron chi connectivity index (χ1n) is 7.73. The molecule has 0 aromatic heterocycles. The van der Waals surface area contributed by atoms with Crippen molar-refractivity contribution < 1.29 is 22.9 Å². The molecule has 0 spiro atoms. The van der Waals surface area contributed by atoms with E-state index in [4.69, 9.17) is 4.74 Å². The van der Waals surface area contributed by atoms with Crippen molar-refractivity contribution >= 4 is 33.0 Å². The second-order valence-corrected chi connectivity index (χ2v) is 7.79. The first kappa shape index (κ1) is 20.2. The van der Waals surface area contributed by atoms with Gasteiger partial charge in [0.15, 0.2) is 0 Å². The molecule has 1 amide bonds. The fraction of sp³-hybridized carbons (Fsp3) is 0.235. The molecule has 0 saturated heterocycles. The molecule has 2 aromatic carbocycles. The number of anilines is 2. The zero-order valence-electron chi connectivity index (χ0n) is 15.2. The largest absolute Gasteiger partial charge is 0.495 e. The highest BCUT2D eigenvalue weighted by Crippen LogP contribution is 2.30. The van der Waals surface area contributed by atoms with Crippen LogP contribution in [0.5, 0.6) is 5.75 Å². The minimum absolute atomic E-state index is 0.137. The van der Waals surface area contributed by atoms with Crippen molar-refractivity contribution in [3.8, 4) is 5.75 Å². The topological polar surface area (TPSA) is 119 Å². The summed E-state index contributed by atoms with van der Waals surface area (Å²) in [5.74, 6) is -0.286. The van der Waals surface area contributed by atoms with E-state index in [-0.39, 0.29) is 22.7 Å². The summed E-state index contributed by atoms with van der Waals surface area (Å²) < 4.78 is 29.8. The average molecular weight is 393 g/mol. The molecule has 1 N–H and O–H groups in total. The third kappa shape index (κ3) is 4.34. The molecular weight excluding hydrogens is 374 g/mol. The van der Waals surface area contributed by atoms with Gasteiger partial charge in [-0.3, -0.25) is 19.2 Å². The van der Waals surface area contributed by atoms with Crippen LogP contribution in [-0.4, -0.2) is 39.7 Å². The first-order valence-corrected chi connectivity index (χ1v) is 9.58. The fourth-order valence-electron chi connectivity index (χ4n) is 2.49. The van der Waals surface area contributed by atoms with Crippen molar-refractivity contribution in [3.63, 3.8) is 0 Å². The quantitative estimate of drug-likeness (QED) is 0.595. The summed E-state index contributed by atoms with van der Waals surface area (Å²) >= 11 is 0.